The molecule has 0 amide bonds. The van der Waals surface area contributed by atoms with E-state index in [-0.39, 0.29) is 0 Å². The Hall–Kier alpha value is -2.03. The van der Waals surface area contributed by atoms with Crippen molar-refractivity contribution in [3.8, 4) is 11.6 Å². The van der Waals surface area contributed by atoms with Crippen LogP contribution in [0.1, 0.15) is 22.3 Å². The number of aromatic nitrogens is 1. The van der Waals surface area contributed by atoms with Crippen molar-refractivity contribution in [3.63, 3.8) is 0 Å². The van der Waals surface area contributed by atoms with Gasteiger partial charge in [-0.3, -0.25) is 0 Å². The molecular formula is C15H18N2O. The Balaban J connectivity index is 2.40. The molecule has 0 saturated carbocycles. The number of benzene rings is 1. The summed E-state index contributed by atoms with van der Waals surface area (Å²) in [5.41, 5.74) is 10.8. The fourth-order valence-corrected chi connectivity index (χ4v) is 1.90. The van der Waals surface area contributed by atoms with Crippen LogP contribution in [0.2, 0.25) is 0 Å². The van der Waals surface area contributed by atoms with E-state index in [9.17, 15) is 0 Å². The Morgan fingerprint density at radius 1 is 1.00 bits per heavy atom. The van der Waals surface area contributed by atoms with Crippen LogP contribution in [0, 0.1) is 27.7 Å². The standard InChI is InChI=1S/C15H18N2O/c1-9-5-10(2)12(4)14(6-9)18-15-11(3)7-13(16)8-17-15/h5-8H,16H2,1-4H3. The van der Waals surface area contributed by atoms with Crippen molar-refractivity contribution in [3.05, 3.63) is 46.6 Å². The van der Waals surface area contributed by atoms with Crippen molar-refractivity contribution in [2.45, 2.75) is 27.7 Å². The minimum atomic E-state index is 0.609. The van der Waals surface area contributed by atoms with Crippen LogP contribution in [-0.4, -0.2) is 4.98 Å². The molecule has 0 aliphatic rings. The van der Waals surface area contributed by atoms with E-state index in [4.69, 9.17) is 10.5 Å². The van der Waals surface area contributed by atoms with Crippen molar-refractivity contribution in [2.24, 2.45) is 0 Å². The van der Waals surface area contributed by atoms with Gasteiger partial charge in [0, 0.05) is 5.56 Å². The Bertz CT molecular complexity index is 591. The van der Waals surface area contributed by atoms with Crippen LogP contribution < -0.4 is 10.5 Å². The van der Waals surface area contributed by atoms with Crippen LogP contribution in [-0.2, 0) is 0 Å². The summed E-state index contributed by atoms with van der Waals surface area (Å²) in [5.74, 6) is 1.46. The minimum absolute atomic E-state index is 0.609. The quantitative estimate of drug-likeness (QED) is 0.873. The number of nitrogen functional groups attached to an aromatic ring is 1. The van der Waals surface area contributed by atoms with Crippen LogP contribution in [0.15, 0.2) is 24.4 Å². The second-order valence-electron chi connectivity index (χ2n) is 4.70. The van der Waals surface area contributed by atoms with Gasteiger partial charge in [0.15, 0.2) is 0 Å². The van der Waals surface area contributed by atoms with Crippen molar-refractivity contribution in [2.75, 3.05) is 5.73 Å². The molecule has 0 bridgehead atoms. The largest absolute Gasteiger partial charge is 0.438 e. The SMILES string of the molecule is Cc1cc(C)c(C)c(Oc2ncc(N)cc2C)c1. The van der Waals surface area contributed by atoms with Gasteiger partial charge in [-0.2, -0.15) is 0 Å². The summed E-state index contributed by atoms with van der Waals surface area (Å²) in [6, 6.07) is 6.03. The molecule has 0 fully saturated rings. The second-order valence-corrected chi connectivity index (χ2v) is 4.70. The van der Waals surface area contributed by atoms with Crippen LogP contribution in [0.5, 0.6) is 11.6 Å². The summed E-state index contributed by atoms with van der Waals surface area (Å²) in [6.45, 7) is 8.13. The molecule has 3 heteroatoms. The molecule has 0 aliphatic carbocycles. The number of pyridine rings is 1. The third-order valence-corrected chi connectivity index (χ3v) is 3.02. The van der Waals surface area contributed by atoms with E-state index in [1.54, 1.807) is 6.20 Å². The van der Waals surface area contributed by atoms with Gasteiger partial charge in [0.1, 0.15) is 5.75 Å². The van der Waals surface area contributed by atoms with Crippen molar-refractivity contribution in [1.82, 2.24) is 4.98 Å². The zero-order valence-electron chi connectivity index (χ0n) is 11.2. The van der Waals surface area contributed by atoms with E-state index in [1.807, 2.05) is 19.1 Å². The Morgan fingerprint density at radius 3 is 2.39 bits per heavy atom. The Labute approximate surface area is 108 Å². The van der Waals surface area contributed by atoms with Crippen LogP contribution >= 0.6 is 0 Å². The zero-order chi connectivity index (χ0) is 13.3. The number of hydrogen-bond acceptors (Lipinski definition) is 3. The molecule has 1 aromatic carbocycles. The first-order valence-electron chi connectivity index (χ1n) is 5.95. The van der Waals surface area contributed by atoms with Gasteiger partial charge in [0.2, 0.25) is 5.88 Å². The van der Waals surface area contributed by atoms with Gasteiger partial charge >= 0.3 is 0 Å². The summed E-state index contributed by atoms with van der Waals surface area (Å²) < 4.78 is 5.89. The number of aryl methyl sites for hydroxylation is 3. The molecule has 18 heavy (non-hydrogen) atoms. The molecule has 1 aromatic heterocycles. The number of anilines is 1. The topological polar surface area (TPSA) is 48.1 Å². The van der Waals surface area contributed by atoms with E-state index in [0.717, 1.165) is 16.9 Å². The summed E-state index contributed by atoms with van der Waals surface area (Å²) in [4.78, 5) is 4.23. The molecule has 0 radical (unpaired) electrons. The number of nitrogens with zero attached hydrogens (tertiary/aromatic N) is 1. The highest BCUT2D eigenvalue weighted by atomic mass is 16.5. The van der Waals surface area contributed by atoms with Gasteiger partial charge in [-0.15, -0.1) is 0 Å². The molecule has 0 unspecified atom stereocenters. The van der Waals surface area contributed by atoms with Gasteiger partial charge in [-0.1, -0.05) is 6.07 Å². The maximum Gasteiger partial charge on any atom is 0.222 e. The molecule has 0 atom stereocenters. The molecule has 94 valence electrons. The van der Waals surface area contributed by atoms with Gasteiger partial charge < -0.3 is 10.5 Å². The number of nitrogens with two attached hydrogens (primary N) is 1. The maximum absolute atomic E-state index is 5.89. The van der Waals surface area contributed by atoms with Crippen molar-refractivity contribution < 1.29 is 4.74 Å². The van der Waals surface area contributed by atoms with Crippen LogP contribution in [0.3, 0.4) is 0 Å². The Kier molecular flexibility index (Phi) is 3.24. The highest BCUT2D eigenvalue weighted by Crippen LogP contribution is 2.29. The third kappa shape index (κ3) is 2.45. The molecular weight excluding hydrogens is 224 g/mol. The first kappa shape index (κ1) is 12.4. The smallest absolute Gasteiger partial charge is 0.222 e. The second kappa shape index (κ2) is 4.69. The third-order valence-electron chi connectivity index (χ3n) is 3.02. The maximum atomic E-state index is 5.89. The van der Waals surface area contributed by atoms with Crippen molar-refractivity contribution >= 4 is 5.69 Å². The van der Waals surface area contributed by atoms with E-state index < -0.39 is 0 Å². The number of rotatable bonds is 2. The average molecular weight is 242 g/mol. The predicted molar refractivity (Wildman–Crippen MR) is 74.1 cm³/mol. The fraction of sp³-hybridized carbons (Fsp3) is 0.267. The molecule has 0 spiro atoms. The minimum Gasteiger partial charge on any atom is -0.438 e. The zero-order valence-corrected chi connectivity index (χ0v) is 11.2. The lowest BCUT2D eigenvalue weighted by Gasteiger charge is -2.13. The lowest BCUT2D eigenvalue weighted by atomic mass is 10.1. The van der Waals surface area contributed by atoms with E-state index >= 15 is 0 Å². The summed E-state index contributed by atoms with van der Waals surface area (Å²) in [7, 11) is 0. The Morgan fingerprint density at radius 2 is 1.72 bits per heavy atom. The van der Waals surface area contributed by atoms with Crippen LogP contribution in [0.4, 0.5) is 5.69 Å². The fourth-order valence-electron chi connectivity index (χ4n) is 1.90. The van der Waals surface area contributed by atoms with E-state index in [0.29, 0.717) is 11.6 Å². The monoisotopic (exact) mass is 242 g/mol. The molecule has 0 saturated heterocycles. The lowest BCUT2D eigenvalue weighted by Crippen LogP contribution is -1.97. The predicted octanol–water partition coefficient (Wildman–Crippen LogP) is 3.69. The van der Waals surface area contributed by atoms with Gasteiger partial charge in [-0.25, -0.2) is 4.98 Å². The summed E-state index contributed by atoms with van der Waals surface area (Å²) >= 11 is 0. The number of ether oxygens (including phenoxy) is 1. The van der Waals surface area contributed by atoms with Crippen molar-refractivity contribution in [1.29, 1.82) is 0 Å². The van der Waals surface area contributed by atoms with E-state index in [1.165, 1.54) is 11.1 Å². The molecule has 1 heterocycles. The van der Waals surface area contributed by atoms with E-state index in [2.05, 4.69) is 31.8 Å². The highest BCUT2D eigenvalue weighted by molar-refractivity contribution is 5.46. The molecule has 3 nitrogen and oxygen atoms in total. The summed E-state index contributed by atoms with van der Waals surface area (Å²) in [5, 5.41) is 0. The normalized spacial score (nSPS) is 10.4. The molecule has 2 N–H and O–H groups in total. The summed E-state index contributed by atoms with van der Waals surface area (Å²) in [6.07, 6.45) is 1.61. The van der Waals surface area contributed by atoms with Gasteiger partial charge in [0.25, 0.3) is 0 Å². The number of hydrogen-bond donors (Lipinski definition) is 1. The van der Waals surface area contributed by atoms with Crippen LogP contribution in [0.25, 0.3) is 0 Å². The average Bonchev–Trinajstić information content (AvgIpc) is 2.29. The van der Waals surface area contributed by atoms with Gasteiger partial charge in [0.05, 0.1) is 11.9 Å². The lowest BCUT2D eigenvalue weighted by molar-refractivity contribution is 0.455. The van der Waals surface area contributed by atoms with Gasteiger partial charge in [-0.05, 0) is 56.5 Å². The molecule has 2 rings (SSSR count). The molecule has 0 aliphatic heterocycles. The highest BCUT2D eigenvalue weighted by Gasteiger charge is 2.08. The first-order valence-corrected chi connectivity index (χ1v) is 5.95. The molecule has 2 aromatic rings. The first-order chi connectivity index (χ1) is 8.47.